The lowest BCUT2D eigenvalue weighted by Gasteiger charge is -2.44. The largest absolute Gasteiger partial charge is 0.466 e. The zero-order chi connectivity index (χ0) is 23.0. The van der Waals surface area contributed by atoms with E-state index in [-0.39, 0.29) is 22.9 Å². The number of fused-ring (bicyclic) bond motifs is 3. The maximum atomic E-state index is 13.5. The molecule has 0 radical (unpaired) electrons. The molecule has 3 fully saturated rings. The number of dihydropyridines is 1. The van der Waals surface area contributed by atoms with E-state index < -0.39 is 22.8 Å². The van der Waals surface area contributed by atoms with E-state index in [4.69, 9.17) is 9.47 Å². The minimum absolute atomic E-state index is 0.120. The number of nitrogens with one attached hydrogen (secondary N) is 1. The van der Waals surface area contributed by atoms with Crippen LogP contribution in [0.5, 0.6) is 0 Å². The lowest BCUT2D eigenvalue weighted by molar-refractivity contribution is -0.384. The molecule has 3 saturated heterocycles. The molecule has 4 heterocycles. The average Bonchev–Trinajstić information content (AvgIpc) is 2.78. The first-order chi connectivity index (χ1) is 15.3. The van der Waals surface area contributed by atoms with Gasteiger partial charge in [0.1, 0.15) is 6.10 Å². The third-order valence-electron chi connectivity index (χ3n) is 6.65. The number of nitro groups is 1. The van der Waals surface area contributed by atoms with E-state index in [1.807, 2.05) is 0 Å². The number of carbonyl (C=O) groups excluding carboxylic acids is 2. The molecule has 170 valence electrons. The second kappa shape index (κ2) is 8.74. The second-order valence-electron chi connectivity index (χ2n) is 8.56. The van der Waals surface area contributed by atoms with Crippen molar-refractivity contribution in [2.24, 2.45) is 5.92 Å². The molecule has 0 aliphatic carbocycles. The number of nitrogens with zero attached hydrogens (tertiary/aromatic N) is 2. The van der Waals surface area contributed by atoms with E-state index in [1.54, 1.807) is 26.0 Å². The van der Waals surface area contributed by atoms with E-state index in [1.165, 1.54) is 19.2 Å². The van der Waals surface area contributed by atoms with Gasteiger partial charge in [0.15, 0.2) is 0 Å². The van der Waals surface area contributed by atoms with Gasteiger partial charge in [-0.1, -0.05) is 12.1 Å². The van der Waals surface area contributed by atoms with Crippen LogP contribution in [-0.4, -0.2) is 54.6 Å². The summed E-state index contributed by atoms with van der Waals surface area (Å²) in [5.41, 5.74) is 1.93. The second-order valence-corrected chi connectivity index (χ2v) is 8.56. The SMILES string of the molecule is COC(=O)C1=C(C)NC(C)=C(C(=O)O[C@@H]2CN3CCC2CC3)[C@@H]1c1cccc([N+](=O)[O-])c1. The van der Waals surface area contributed by atoms with E-state index in [0.29, 0.717) is 29.4 Å². The topological polar surface area (TPSA) is 111 Å². The van der Waals surface area contributed by atoms with Gasteiger partial charge in [0.05, 0.1) is 29.1 Å². The number of esters is 2. The van der Waals surface area contributed by atoms with Gasteiger partial charge in [-0.05, 0) is 51.3 Å². The van der Waals surface area contributed by atoms with Crippen LogP contribution >= 0.6 is 0 Å². The van der Waals surface area contributed by atoms with Crippen molar-refractivity contribution in [3.63, 3.8) is 0 Å². The predicted molar refractivity (Wildman–Crippen MR) is 115 cm³/mol. The number of hydrogen-bond acceptors (Lipinski definition) is 8. The third-order valence-corrected chi connectivity index (χ3v) is 6.65. The highest BCUT2D eigenvalue weighted by atomic mass is 16.6. The number of non-ortho nitro benzene ring substituents is 1. The average molecular weight is 441 g/mol. The van der Waals surface area contributed by atoms with Crippen molar-refractivity contribution >= 4 is 17.6 Å². The van der Waals surface area contributed by atoms with Crippen LogP contribution in [0, 0.1) is 16.0 Å². The fourth-order valence-electron chi connectivity index (χ4n) is 5.04. The van der Waals surface area contributed by atoms with Crippen LogP contribution in [0.1, 0.15) is 38.2 Å². The number of rotatable bonds is 5. The Bertz CT molecular complexity index is 1020. The summed E-state index contributed by atoms with van der Waals surface area (Å²) in [5.74, 6) is -1.63. The number of hydrogen-bond donors (Lipinski definition) is 1. The van der Waals surface area contributed by atoms with Crippen molar-refractivity contribution in [1.82, 2.24) is 10.2 Å². The van der Waals surface area contributed by atoms with Gasteiger partial charge in [-0.3, -0.25) is 15.0 Å². The van der Waals surface area contributed by atoms with Crippen molar-refractivity contribution in [1.29, 1.82) is 0 Å². The lowest BCUT2D eigenvalue weighted by atomic mass is 9.80. The van der Waals surface area contributed by atoms with Crippen molar-refractivity contribution < 1.29 is 24.0 Å². The molecule has 0 spiro atoms. The van der Waals surface area contributed by atoms with E-state index >= 15 is 0 Å². The van der Waals surface area contributed by atoms with Gasteiger partial charge in [0, 0.05) is 30.1 Å². The molecule has 4 aliphatic rings. The first kappa shape index (κ1) is 22.0. The summed E-state index contributed by atoms with van der Waals surface area (Å²) in [4.78, 5) is 39.3. The molecular formula is C23H27N3O6. The Labute approximate surface area is 186 Å². The van der Waals surface area contributed by atoms with Gasteiger partial charge in [-0.2, -0.15) is 0 Å². The summed E-state index contributed by atoms with van der Waals surface area (Å²) in [5, 5.41) is 14.5. The van der Waals surface area contributed by atoms with Crippen molar-refractivity contribution in [2.75, 3.05) is 26.7 Å². The minimum atomic E-state index is -0.836. The molecule has 0 unspecified atom stereocenters. The molecule has 0 amide bonds. The predicted octanol–water partition coefficient (Wildman–Crippen LogP) is 2.64. The molecular weight excluding hydrogens is 414 g/mol. The quantitative estimate of drug-likeness (QED) is 0.422. The number of benzene rings is 1. The number of ether oxygens (including phenoxy) is 2. The van der Waals surface area contributed by atoms with Crippen LogP contribution in [0.15, 0.2) is 46.8 Å². The van der Waals surface area contributed by atoms with Crippen molar-refractivity contribution in [3.8, 4) is 0 Å². The molecule has 2 atom stereocenters. The Balaban J connectivity index is 1.73. The van der Waals surface area contributed by atoms with Gasteiger partial charge in [-0.15, -0.1) is 0 Å². The molecule has 9 heteroatoms. The summed E-state index contributed by atoms with van der Waals surface area (Å²) in [6.07, 6.45) is 1.79. The van der Waals surface area contributed by atoms with Crippen molar-refractivity contribution in [3.05, 3.63) is 62.5 Å². The zero-order valence-corrected chi connectivity index (χ0v) is 18.4. The summed E-state index contributed by atoms with van der Waals surface area (Å²) in [7, 11) is 1.27. The van der Waals surface area contributed by atoms with Gasteiger partial charge < -0.3 is 14.8 Å². The molecule has 1 aromatic rings. The molecule has 5 rings (SSSR count). The Morgan fingerprint density at radius 3 is 2.34 bits per heavy atom. The van der Waals surface area contributed by atoms with Crippen molar-refractivity contribution in [2.45, 2.75) is 38.7 Å². The number of allylic oxidation sites excluding steroid dienone is 2. The van der Waals surface area contributed by atoms with E-state index in [2.05, 4.69) is 10.2 Å². The first-order valence-corrected chi connectivity index (χ1v) is 10.7. The normalized spacial score (nSPS) is 27.1. The molecule has 9 nitrogen and oxygen atoms in total. The Hall–Kier alpha value is -3.20. The first-order valence-electron chi connectivity index (χ1n) is 10.7. The fraction of sp³-hybridized carbons (Fsp3) is 0.478. The highest BCUT2D eigenvalue weighted by molar-refractivity contribution is 6.00. The standard InChI is InChI=1S/C23H27N3O6/c1-13-19(22(27)31-3)21(16-5-4-6-17(11-16)26(29)30)20(14(2)24-13)23(28)32-18-12-25-9-7-15(18)8-10-25/h4-6,11,15,18,21,24H,7-10,12H2,1-3H3/t18-,21-/m1/s1. The molecule has 4 aliphatic heterocycles. The molecule has 0 saturated carbocycles. The van der Waals surface area contributed by atoms with Crippen LogP contribution in [0.25, 0.3) is 0 Å². The van der Waals surface area contributed by atoms with Gasteiger partial charge in [0.25, 0.3) is 5.69 Å². The summed E-state index contributed by atoms with van der Waals surface area (Å²) < 4.78 is 11.0. The Morgan fingerprint density at radius 1 is 1.12 bits per heavy atom. The van der Waals surface area contributed by atoms with Gasteiger partial charge >= 0.3 is 11.9 Å². The highest BCUT2D eigenvalue weighted by Crippen LogP contribution is 2.41. The summed E-state index contributed by atoms with van der Waals surface area (Å²) in [6, 6.07) is 5.99. The van der Waals surface area contributed by atoms with Crippen LogP contribution < -0.4 is 5.32 Å². The van der Waals surface area contributed by atoms with Crippen LogP contribution in [0.3, 0.4) is 0 Å². The molecule has 1 aromatic carbocycles. The molecule has 0 aromatic heterocycles. The zero-order valence-electron chi connectivity index (χ0n) is 18.4. The van der Waals surface area contributed by atoms with E-state index in [0.717, 1.165) is 25.9 Å². The van der Waals surface area contributed by atoms with Gasteiger partial charge in [-0.25, -0.2) is 9.59 Å². The number of carbonyl (C=O) groups is 2. The van der Waals surface area contributed by atoms with Crippen LogP contribution in [0.4, 0.5) is 5.69 Å². The number of methoxy groups -OCH3 is 1. The van der Waals surface area contributed by atoms with Crippen LogP contribution in [-0.2, 0) is 19.1 Å². The number of piperidine rings is 3. The van der Waals surface area contributed by atoms with E-state index in [9.17, 15) is 19.7 Å². The molecule has 1 N–H and O–H groups in total. The Kier molecular flexibility index (Phi) is 6.01. The highest BCUT2D eigenvalue weighted by Gasteiger charge is 2.41. The number of nitro benzene ring substituents is 1. The minimum Gasteiger partial charge on any atom is -0.466 e. The summed E-state index contributed by atoms with van der Waals surface area (Å²) in [6.45, 7) is 6.21. The maximum absolute atomic E-state index is 13.5. The molecule has 2 bridgehead atoms. The molecule has 32 heavy (non-hydrogen) atoms. The third kappa shape index (κ3) is 4.00. The Morgan fingerprint density at radius 2 is 1.78 bits per heavy atom. The maximum Gasteiger partial charge on any atom is 0.337 e. The monoisotopic (exact) mass is 441 g/mol. The fourth-order valence-corrected chi connectivity index (χ4v) is 5.04. The summed E-state index contributed by atoms with van der Waals surface area (Å²) >= 11 is 0. The van der Waals surface area contributed by atoms with Gasteiger partial charge in [0.2, 0.25) is 0 Å². The van der Waals surface area contributed by atoms with Crippen LogP contribution in [0.2, 0.25) is 0 Å². The smallest absolute Gasteiger partial charge is 0.337 e. The lowest BCUT2D eigenvalue weighted by Crippen LogP contribution is -2.52.